The molecule has 6 aromatic carbocycles. The van der Waals surface area contributed by atoms with Crippen molar-refractivity contribution in [3.05, 3.63) is 148 Å². The minimum Gasteiger partial charge on any atom is -0.311 e. The van der Waals surface area contributed by atoms with Crippen LogP contribution in [0, 0.1) is 20.8 Å². The summed E-state index contributed by atoms with van der Waals surface area (Å²) in [6, 6.07) is 45.4. The summed E-state index contributed by atoms with van der Waals surface area (Å²) < 4.78 is 0. The van der Waals surface area contributed by atoms with Crippen molar-refractivity contribution in [2.75, 3.05) is 9.80 Å². The molecule has 2 aliphatic heterocycles. The molecule has 2 heterocycles. The molecule has 12 rings (SSSR count). The van der Waals surface area contributed by atoms with Gasteiger partial charge < -0.3 is 9.80 Å². The summed E-state index contributed by atoms with van der Waals surface area (Å²) >= 11 is 0. The number of rotatable bonds is 7. The summed E-state index contributed by atoms with van der Waals surface area (Å²) in [5, 5.41) is 0. The van der Waals surface area contributed by atoms with Crippen LogP contribution in [-0.2, 0) is 0 Å². The van der Waals surface area contributed by atoms with Crippen LogP contribution in [-0.4, -0.2) is 6.71 Å². The first-order valence-corrected chi connectivity index (χ1v) is 26.8. The van der Waals surface area contributed by atoms with Gasteiger partial charge in [0, 0.05) is 34.1 Å². The molecule has 0 aromatic heterocycles. The van der Waals surface area contributed by atoms with E-state index in [0.29, 0.717) is 23.7 Å². The Morgan fingerprint density at radius 2 is 0.712 bits per heavy atom. The predicted octanol–water partition coefficient (Wildman–Crippen LogP) is 16.6. The molecule has 0 unspecified atom stereocenters. The van der Waals surface area contributed by atoms with Crippen LogP contribution in [0.1, 0.15) is 191 Å². The van der Waals surface area contributed by atoms with Gasteiger partial charge in [-0.2, -0.15) is 0 Å². The van der Waals surface area contributed by atoms with Crippen LogP contribution in [0.2, 0.25) is 0 Å². The average Bonchev–Trinajstić information content (AvgIpc) is 3.37. The fraction of sp³-hybridized carbons (Fsp3) is 0.429. The molecule has 6 aliphatic rings. The molecule has 0 saturated heterocycles. The first-order chi connectivity index (χ1) is 32.5. The summed E-state index contributed by atoms with van der Waals surface area (Å²) in [6.45, 7) is 7.05. The number of fused-ring (bicyclic) bond motifs is 4. The smallest absolute Gasteiger partial charge is 0.252 e. The van der Waals surface area contributed by atoms with Gasteiger partial charge in [-0.25, -0.2) is 0 Å². The van der Waals surface area contributed by atoms with Crippen LogP contribution in [0.15, 0.2) is 109 Å². The van der Waals surface area contributed by atoms with E-state index in [1.165, 1.54) is 218 Å². The maximum absolute atomic E-state index is 2.71. The maximum atomic E-state index is 2.71. The summed E-state index contributed by atoms with van der Waals surface area (Å²) in [7, 11) is 0. The summed E-state index contributed by atoms with van der Waals surface area (Å²) in [4.78, 5) is 5.39. The highest BCUT2D eigenvalue weighted by Crippen LogP contribution is 2.49. The van der Waals surface area contributed by atoms with E-state index in [1.807, 2.05) is 0 Å². The number of benzene rings is 6. The Labute approximate surface area is 397 Å². The minimum absolute atomic E-state index is 0.136. The fourth-order valence-electron chi connectivity index (χ4n) is 14.4. The number of aryl methyl sites for hydroxylation is 3. The lowest BCUT2D eigenvalue weighted by molar-refractivity contribution is 0.443. The minimum atomic E-state index is 0.136. The second kappa shape index (κ2) is 17.9. The molecule has 0 radical (unpaired) electrons. The van der Waals surface area contributed by atoms with Crippen molar-refractivity contribution in [1.29, 1.82) is 0 Å². The third-order valence-electron chi connectivity index (χ3n) is 17.7. The lowest BCUT2D eigenvalue weighted by Gasteiger charge is -2.45. The first kappa shape index (κ1) is 42.3. The molecule has 0 amide bonds. The van der Waals surface area contributed by atoms with Gasteiger partial charge in [-0.1, -0.05) is 143 Å². The zero-order valence-electron chi connectivity index (χ0n) is 40.3. The number of nitrogens with zero attached hydrogens (tertiary/aromatic N) is 2. The monoisotopic (exact) mass is 867 g/mol. The molecule has 336 valence electrons. The first-order valence-electron chi connectivity index (χ1n) is 26.8. The second-order valence-electron chi connectivity index (χ2n) is 22.0. The van der Waals surface area contributed by atoms with Crippen molar-refractivity contribution < 1.29 is 0 Å². The van der Waals surface area contributed by atoms with Crippen molar-refractivity contribution in [3.63, 3.8) is 0 Å². The highest BCUT2D eigenvalue weighted by Gasteiger charge is 2.44. The van der Waals surface area contributed by atoms with Crippen LogP contribution >= 0.6 is 0 Å². The van der Waals surface area contributed by atoms with Crippen molar-refractivity contribution in [2.45, 2.75) is 173 Å². The standard InChI is InChI=1S/C63H71BN2/c1-42-36-43(2)62(44(3)37-42)53-40-60-63-61(41-53)66(55-32-26-50(27-33-55)46-18-10-5-11-19-46)59-35-29-52(48-22-14-7-15-23-48)39-57(59)64(63)56-38-51(47-20-12-6-13-21-47)28-34-58(56)65(60)54-30-24-49(25-31-54)45-16-8-4-9-17-45/h24-41,45-48H,4-23H2,1-3H3. The average molecular weight is 867 g/mol. The summed E-state index contributed by atoms with van der Waals surface area (Å²) in [5.41, 5.74) is 25.3. The van der Waals surface area contributed by atoms with Crippen LogP contribution in [0.5, 0.6) is 0 Å². The van der Waals surface area contributed by atoms with Crippen LogP contribution in [0.4, 0.5) is 34.1 Å². The summed E-state index contributed by atoms with van der Waals surface area (Å²) in [5.74, 6) is 2.64. The molecule has 0 spiro atoms. The van der Waals surface area contributed by atoms with Gasteiger partial charge in [-0.15, -0.1) is 0 Å². The molecule has 0 atom stereocenters. The zero-order valence-corrected chi connectivity index (χ0v) is 40.3. The molecule has 4 fully saturated rings. The number of hydrogen-bond acceptors (Lipinski definition) is 2. The van der Waals surface area contributed by atoms with E-state index in [2.05, 4.69) is 140 Å². The van der Waals surface area contributed by atoms with E-state index in [4.69, 9.17) is 0 Å². The number of anilines is 6. The Balaban J connectivity index is 1.12. The maximum Gasteiger partial charge on any atom is 0.252 e. The van der Waals surface area contributed by atoms with Gasteiger partial charge in [-0.3, -0.25) is 0 Å². The van der Waals surface area contributed by atoms with E-state index < -0.39 is 0 Å². The van der Waals surface area contributed by atoms with E-state index >= 15 is 0 Å². The predicted molar refractivity (Wildman–Crippen MR) is 283 cm³/mol. The van der Waals surface area contributed by atoms with Crippen molar-refractivity contribution >= 4 is 57.2 Å². The molecule has 3 heteroatoms. The summed E-state index contributed by atoms with van der Waals surface area (Å²) in [6.07, 6.45) is 26.9. The van der Waals surface area contributed by atoms with Crippen LogP contribution in [0.25, 0.3) is 11.1 Å². The van der Waals surface area contributed by atoms with Crippen LogP contribution in [0.3, 0.4) is 0 Å². The Hall–Kier alpha value is -5.02. The van der Waals surface area contributed by atoms with Gasteiger partial charge in [0.1, 0.15) is 0 Å². The van der Waals surface area contributed by atoms with Gasteiger partial charge in [0.05, 0.1) is 0 Å². The van der Waals surface area contributed by atoms with Crippen molar-refractivity contribution in [1.82, 2.24) is 0 Å². The molecule has 4 aliphatic carbocycles. The van der Waals surface area contributed by atoms with Gasteiger partial charge in [0.2, 0.25) is 0 Å². The van der Waals surface area contributed by atoms with E-state index in [9.17, 15) is 0 Å². The third kappa shape index (κ3) is 7.65. The zero-order chi connectivity index (χ0) is 44.3. The van der Waals surface area contributed by atoms with E-state index in [1.54, 1.807) is 11.1 Å². The molecule has 0 N–H and O–H groups in total. The normalized spacial score (nSPS) is 19.4. The van der Waals surface area contributed by atoms with Gasteiger partial charge in [0.25, 0.3) is 6.71 Å². The molecule has 0 bridgehead atoms. The fourth-order valence-corrected chi connectivity index (χ4v) is 14.4. The van der Waals surface area contributed by atoms with E-state index in [0.717, 1.165) is 0 Å². The highest BCUT2D eigenvalue weighted by atomic mass is 15.2. The molecular formula is C63H71BN2. The van der Waals surface area contributed by atoms with E-state index in [-0.39, 0.29) is 6.71 Å². The van der Waals surface area contributed by atoms with Gasteiger partial charge >= 0.3 is 0 Å². The quantitative estimate of drug-likeness (QED) is 0.147. The lowest BCUT2D eigenvalue weighted by atomic mass is 9.33. The molecule has 6 aromatic rings. The number of hydrogen-bond donors (Lipinski definition) is 0. The van der Waals surface area contributed by atoms with Crippen molar-refractivity contribution in [2.24, 2.45) is 0 Å². The Kier molecular flexibility index (Phi) is 11.5. The second-order valence-corrected chi connectivity index (χ2v) is 22.0. The Morgan fingerprint density at radius 1 is 0.364 bits per heavy atom. The lowest BCUT2D eigenvalue weighted by Crippen LogP contribution is -2.61. The molecular weight excluding hydrogens is 796 g/mol. The van der Waals surface area contributed by atoms with Gasteiger partial charge in [-0.05, 0) is 205 Å². The molecule has 66 heavy (non-hydrogen) atoms. The Bertz CT molecular complexity index is 2540. The Morgan fingerprint density at radius 3 is 1.09 bits per heavy atom. The molecule has 4 saturated carbocycles. The third-order valence-corrected chi connectivity index (χ3v) is 17.7. The molecule has 2 nitrogen and oxygen atoms in total. The van der Waals surface area contributed by atoms with Crippen molar-refractivity contribution in [3.8, 4) is 11.1 Å². The highest BCUT2D eigenvalue weighted by molar-refractivity contribution is 7.00. The van der Waals surface area contributed by atoms with Gasteiger partial charge in [0.15, 0.2) is 0 Å². The largest absolute Gasteiger partial charge is 0.311 e. The topological polar surface area (TPSA) is 6.48 Å². The van der Waals surface area contributed by atoms with Crippen LogP contribution < -0.4 is 26.2 Å². The SMILES string of the molecule is Cc1cc(C)c(-c2cc3c4c(c2)N(c2ccc(C5CCCCC5)cc2)c2ccc(C5CCCCC5)cc2B4c2cc(C4CCCCC4)ccc2N3c2ccc(C3CCCCC3)cc2)c(C)c1.